The maximum Gasteiger partial charge on any atom is 0.328 e. The highest BCUT2D eigenvalue weighted by molar-refractivity contribution is 9.10. The van der Waals surface area contributed by atoms with Crippen LogP contribution in [0.3, 0.4) is 0 Å². The van der Waals surface area contributed by atoms with E-state index in [-0.39, 0.29) is 12.3 Å². The molecular formula is C15H26BrN3O4Si. The standard InChI is InChI=1S/C15H26BrN3O4Si/c1-11(20)18-13(15(21)22-2)8-12-14(16)19(9-17-12)10-23-6-7-24(3,4)5/h9,13H,6-8,10H2,1-5H3,(H,18,20)/t13-/m0/s1. The van der Waals surface area contributed by atoms with E-state index >= 15 is 0 Å². The predicted octanol–water partition coefficient (Wildman–Crippen LogP) is 2.18. The molecule has 1 rings (SSSR count). The first kappa shape index (κ1) is 20.9. The van der Waals surface area contributed by atoms with E-state index in [0.29, 0.717) is 19.0 Å². The molecule has 1 heterocycles. The largest absolute Gasteiger partial charge is 0.467 e. The van der Waals surface area contributed by atoms with Gasteiger partial charge in [0.1, 0.15) is 17.4 Å². The number of carbonyl (C=O) groups excluding carboxylic acids is 2. The Hall–Kier alpha value is -1.19. The number of ether oxygens (including phenoxy) is 2. The first-order valence-corrected chi connectivity index (χ1v) is 12.3. The highest BCUT2D eigenvalue weighted by atomic mass is 79.9. The van der Waals surface area contributed by atoms with Gasteiger partial charge in [0.15, 0.2) is 0 Å². The van der Waals surface area contributed by atoms with Crippen molar-refractivity contribution in [2.45, 2.75) is 51.8 Å². The molecule has 1 aromatic rings. The zero-order valence-corrected chi connectivity index (χ0v) is 17.5. The smallest absolute Gasteiger partial charge is 0.328 e. The van der Waals surface area contributed by atoms with Gasteiger partial charge in [-0.15, -0.1) is 0 Å². The zero-order valence-electron chi connectivity index (χ0n) is 14.9. The zero-order chi connectivity index (χ0) is 18.3. The molecule has 136 valence electrons. The maximum absolute atomic E-state index is 11.8. The van der Waals surface area contributed by atoms with E-state index in [0.717, 1.165) is 10.6 Å². The Labute approximate surface area is 152 Å². The van der Waals surface area contributed by atoms with Gasteiger partial charge in [-0.2, -0.15) is 0 Å². The molecule has 0 aliphatic heterocycles. The molecule has 0 spiro atoms. The average molecular weight is 420 g/mol. The van der Waals surface area contributed by atoms with Crippen LogP contribution in [0.5, 0.6) is 0 Å². The minimum absolute atomic E-state index is 0.245. The van der Waals surface area contributed by atoms with Crippen molar-refractivity contribution in [1.29, 1.82) is 0 Å². The second kappa shape index (κ2) is 9.33. The first-order valence-electron chi connectivity index (χ1n) is 7.76. The van der Waals surface area contributed by atoms with Gasteiger partial charge in [0.25, 0.3) is 0 Å². The van der Waals surface area contributed by atoms with E-state index in [1.54, 1.807) is 6.33 Å². The number of imidazole rings is 1. The van der Waals surface area contributed by atoms with Crippen molar-refractivity contribution >= 4 is 35.9 Å². The summed E-state index contributed by atoms with van der Waals surface area (Å²) in [7, 11) is 0.178. The van der Waals surface area contributed by atoms with Crippen molar-refractivity contribution in [3.63, 3.8) is 0 Å². The number of hydrogen-bond donors (Lipinski definition) is 1. The summed E-state index contributed by atoms with van der Waals surface area (Å²) in [5.74, 6) is -0.798. The number of esters is 1. The van der Waals surface area contributed by atoms with Gasteiger partial charge in [-0.05, 0) is 22.0 Å². The van der Waals surface area contributed by atoms with Crippen LogP contribution in [0.4, 0.5) is 0 Å². The predicted molar refractivity (Wildman–Crippen MR) is 97.4 cm³/mol. The third kappa shape index (κ3) is 7.14. The minimum atomic E-state index is -1.11. The molecule has 0 saturated heterocycles. The average Bonchev–Trinajstić information content (AvgIpc) is 2.81. The molecule has 0 aliphatic rings. The number of nitrogens with one attached hydrogen (secondary N) is 1. The molecule has 1 aromatic heterocycles. The lowest BCUT2D eigenvalue weighted by Gasteiger charge is -2.16. The number of aromatic nitrogens is 2. The summed E-state index contributed by atoms with van der Waals surface area (Å²) in [5.41, 5.74) is 0.660. The van der Waals surface area contributed by atoms with Crippen LogP contribution in [0.2, 0.25) is 25.7 Å². The summed E-state index contributed by atoms with van der Waals surface area (Å²) < 4.78 is 13.0. The highest BCUT2D eigenvalue weighted by Crippen LogP contribution is 2.18. The number of halogens is 1. The lowest BCUT2D eigenvalue weighted by molar-refractivity contribution is -0.144. The van der Waals surface area contributed by atoms with Crippen molar-refractivity contribution in [3.05, 3.63) is 16.6 Å². The second-order valence-corrected chi connectivity index (χ2v) is 13.2. The molecule has 0 bridgehead atoms. The number of hydrogen-bond acceptors (Lipinski definition) is 5. The Balaban J connectivity index is 2.65. The van der Waals surface area contributed by atoms with Crippen LogP contribution < -0.4 is 5.32 Å². The van der Waals surface area contributed by atoms with Crippen LogP contribution in [0.25, 0.3) is 0 Å². The molecule has 0 aromatic carbocycles. The molecular weight excluding hydrogens is 394 g/mol. The number of rotatable bonds is 9. The minimum Gasteiger partial charge on any atom is -0.467 e. The lowest BCUT2D eigenvalue weighted by Crippen LogP contribution is -2.42. The topological polar surface area (TPSA) is 82.4 Å². The normalized spacial score (nSPS) is 12.8. The Bertz CT molecular complexity index is 572. The Morgan fingerprint density at radius 2 is 2.08 bits per heavy atom. The fourth-order valence-electron chi connectivity index (χ4n) is 1.95. The monoisotopic (exact) mass is 419 g/mol. The van der Waals surface area contributed by atoms with E-state index in [1.165, 1.54) is 14.0 Å². The number of methoxy groups -OCH3 is 1. The second-order valence-electron chi connectivity index (χ2n) is 6.78. The van der Waals surface area contributed by atoms with Gasteiger partial charge < -0.3 is 19.4 Å². The molecule has 9 heteroatoms. The highest BCUT2D eigenvalue weighted by Gasteiger charge is 2.23. The van der Waals surface area contributed by atoms with Crippen molar-refractivity contribution in [3.8, 4) is 0 Å². The summed E-state index contributed by atoms with van der Waals surface area (Å²) in [5, 5.41) is 2.57. The van der Waals surface area contributed by atoms with Gasteiger partial charge in [0.2, 0.25) is 5.91 Å². The summed E-state index contributed by atoms with van der Waals surface area (Å²) >= 11 is 3.47. The van der Waals surface area contributed by atoms with E-state index in [4.69, 9.17) is 9.47 Å². The molecule has 0 fully saturated rings. The van der Waals surface area contributed by atoms with E-state index in [2.05, 4.69) is 45.9 Å². The molecule has 0 saturated carbocycles. The van der Waals surface area contributed by atoms with Crippen molar-refractivity contribution < 1.29 is 19.1 Å². The van der Waals surface area contributed by atoms with Crippen molar-refractivity contribution in [2.75, 3.05) is 13.7 Å². The Morgan fingerprint density at radius 1 is 1.42 bits per heavy atom. The summed E-state index contributed by atoms with van der Waals surface area (Å²) in [6, 6.07) is 0.332. The number of carbonyl (C=O) groups is 2. The van der Waals surface area contributed by atoms with Crippen LogP contribution >= 0.6 is 15.9 Å². The van der Waals surface area contributed by atoms with Crippen molar-refractivity contribution in [1.82, 2.24) is 14.9 Å². The third-order valence-electron chi connectivity index (χ3n) is 3.33. The fraction of sp³-hybridized carbons (Fsp3) is 0.667. The summed E-state index contributed by atoms with van der Waals surface area (Å²) in [6.45, 7) is 9.37. The van der Waals surface area contributed by atoms with Gasteiger partial charge in [0.05, 0.1) is 19.1 Å². The molecule has 0 aliphatic carbocycles. The lowest BCUT2D eigenvalue weighted by atomic mass is 10.1. The van der Waals surface area contributed by atoms with Gasteiger partial charge in [-0.1, -0.05) is 19.6 Å². The fourth-order valence-corrected chi connectivity index (χ4v) is 3.17. The van der Waals surface area contributed by atoms with Crippen molar-refractivity contribution in [2.24, 2.45) is 0 Å². The molecule has 1 amide bonds. The number of nitrogens with zero attached hydrogens (tertiary/aromatic N) is 2. The van der Waals surface area contributed by atoms with Crippen LogP contribution in [0, 0.1) is 0 Å². The van der Waals surface area contributed by atoms with Gasteiger partial charge >= 0.3 is 5.97 Å². The quantitative estimate of drug-likeness (QED) is 0.376. The molecule has 1 N–H and O–H groups in total. The Morgan fingerprint density at radius 3 is 2.62 bits per heavy atom. The van der Waals surface area contributed by atoms with E-state index in [1.807, 2.05) is 4.57 Å². The molecule has 24 heavy (non-hydrogen) atoms. The van der Waals surface area contributed by atoms with Crippen LogP contribution in [-0.4, -0.2) is 49.3 Å². The molecule has 1 atom stereocenters. The Kier molecular flexibility index (Phi) is 8.11. The molecule has 0 radical (unpaired) electrons. The first-order chi connectivity index (χ1) is 11.1. The van der Waals surface area contributed by atoms with E-state index in [9.17, 15) is 9.59 Å². The maximum atomic E-state index is 11.8. The summed E-state index contributed by atoms with van der Waals surface area (Å²) in [4.78, 5) is 27.3. The summed E-state index contributed by atoms with van der Waals surface area (Å²) in [6.07, 6.45) is 1.89. The van der Waals surface area contributed by atoms with Gasteiger partial charge in [-0.3, -0.25) is 4.79 Å². The molecule has 0 unspecified atom stereocenters. The van der Waals surface area contributed by atoms with Gasteiger partial charge in [0, 0.05) is 28.0 Å². The van der Waals surface area contributed by atoms with Crippen LogP contribution in [0.1, 0.15) is 12.6 Å². The van der Waals surface area contributed by atoms with Crippen LogP contribution in [0.15, 0.2) is 10.9 Å². The SMILES string of the molecule is COC(=O)[C@H](Cc1ncn(COCC[Si](C)(C)C)c1Br)NC(C)=O. The number of amides is 1. The van der Waals surface area contributed by atoms with Gasteiger partial charge in [-0.25, -0.2) is 9.78 Å². The van der Waals surface area contributed by atoms with Crippen LogP contribution in [-0.2, 0) is 32.2 Å². The third-order valence-corrected chi connectivity index (χ3v) is 5.95. The molecule has 7 nitrogen and oxygen atoms in total. The van der Waals surface area contributed by atoms with E-state index < -0.39 is 20.1 Å².